The molecule has 0 aliphatic carbocycles. The van der Waals surface area contributed by atoms with E-state index < -0.39 is 5.91 Å². The van der Waals surface area contributed by atoms with Crippen molar-refractivity contribution in [2.75, 3.05) is 5.32 Å². The summed E-state index contributed by atoms with van der Waals surface area (Å²) in [5.41, 5.74) is 6.95. The molecule has 146 valence electrons. The molecular formula is C24H22ClN3O. The predicted octanol–water partition coefficient (Wildman–Crippen LogP) is 5.91. The van der Waals surface area contributed by atoms with E-state index in [1.165, 1.54) is 11.1 Å². The molecule has 3 aromatic rings. The van der Waals surface area contributed by atoms with Crippen LogP contribution in [0.2, 0.25) is 5.02 Å². The monoisotopic (exact) mass is 403 g/mol. The van der Waals surface area contributed by atoms with E-state index in [1.807, 2.05) is 26.0 Å². The van der Waals surface area contributed by atoms with Crippen molar-refractivity contribution in [2.45, 2.75) is 27.7 Å². The van der Waals surface area contributed by atoms with E-state index in [2.05, 4.69) is 41.9 Å². The zero-order valence-electron chi connectivity index (χ0n) is 16.9. The van der Waals surface area contributed by atoms with Gasteiger partial charge in [-0.2, -0.15) is 5.26 Å². The minimum atomic E-state index is -0.453. The number of nitriles is 1. The van der Waals surface area contributed by atoms with Gasteiger partial charge in [-0.1, -0.05) is 29.3 Å². The van der Waals surface area contributed by atoms with Crippen molar-refractivity contribution < 1.29 is 4.79 Å². The van der Waals surface area contributed by atoms with Gasteiger partial charge in [-0.25, -0.2) is 0 Å². The van der Waals surface area contributed by atoms with Gasteiger partial charge in [-0.3, -0.25) is 4.79 Å². The molecule has 0 aliphatic rings. The molecule has 29 heavy (non-hydrogen) atoms. The fraction of sp³-hybridized carbons (Fsp3) is 0.167. The van der Waals surface area contributed by atoms with E-state index in [0.717, 1.165) is 22.6 Å². The van der Waals surface area contributed by atoms with Crippen molar-refractivity contribution in [1.29, 1.82) is 5.26 Å². The second-order valence-corrected chi connectivity index (χ2v) is 7.52. The second-order valence-electron chi connectivity index (χ2n) is 7.08. The largest absolute Gasteiger partial charge is 0.321 e. The van der Waals surface area contributed by atoms with Crippen LogP contribution < -0.4 is 5.32 Å². The molecule has 0 bridgehead atoms. The summed E-state index contributed by atoms with van der Waals surface area (Å²) >= 11 is 5.87. The SMILES string of the molecule is Cc1ccc(-n2c(C)cc(/C=C(/C#N)C(=O)Nc3ccc(Cl)cc3)c2C)c(C)c1. The van der Waals surface area contributed by atoms with Gasteiger partial charge >= 0.3 is 0 Å². The number of aryl methyl sites for hydroxylation is 3. The Morgan fingerprint density at radius 3 is 2.38 bits per heavy atom. The van der Waals surface area contributed by atoms with E-state index in [-0.39, 0.29) is 5.57 Å². The molecule has 1 aromatic heterocycles. The number of halogens is 1. The van der Waals surface area contributed by atoms with E-state index in [1.54, 1.807) is 30.3 Å². The summed E-state index contributed by atoms with van der Waals surface area (Å²) < 4.78 is 2.15. The van der Waals surface area contributed by atoms with Crippen molar-refractivity contribution in [3.63, 3.8) is 0 Å². The van der Waals surface area contributed by atoms with Gasteiger partial charge in [-0.15, -0.1) is 0 Å². The van der Waals surface area contributed by atoms with Crippen LogP contribution in [-0.2, 0) is 4.79 Å². The minimum Gasteiger partial charge on any atom is -0.321 e. The molecular weight excluding hydrogens is 382 g/mol. The van der Waals surface area contributed by atoms with Crippen LogP contribution in [0.15, 0.2) is 54.1 Å². The van der Waals surface area contributed by atoms with Gasteiger partial charge in [0.15, 0.2) is 0 Å². The van der Waals surface area contributed by atoms with Crippen LogP contribution in [0.4, 0.5) is 5.69 Å². The van der Waals surface area contributed by atoms with Crippen molar-refractivity contribution in [2.24, 2.45) is 0 Å². The number of hydrogen-bond donors (Lipinski definition) is 1. The molecule has 1 heterocycles. The predicted molar refractivity (Wildman–Crippen MR) is 118 cm³/mol. The summed E-state index contributed by atoms with van der Waals surface area (Å²) in [5, 5.41) is 12.8. The van der Waals surface area contributed by atoms with Crippen LogP contribution in [0.5, 0.6) is 0 Å². The molecule has 0 radical (unpaired) electrons. The number of aromatic nitrogens is 1. The minimum absolute atomic E-state index is 0.0424. The van der Waals surface area contributed by atoms with E-state index in [9.17, 15) is 10.1 Å². The molecule has 0 unspecified atom stereocenters. The molecule has 3 rings (SSSR count). The lowest BCUT2D eigenvalue weighted by atomic mass is 10.1. The maximum Gasteiger partial charge on any atom is 0.266 e. The smallest absolute Gasteiger partial charge is 0.266 e. The molecule has 0 spiro atoms. The number of rotatable bonds is 4. The Morgan fingerprint density at radius 2 is 1.76 bits per heavy atom. The Hall–Kier alpha value is -3.29. The molecule has 1 amide bonds. The summed E-state index contributed by atoms with van der Waals surface area (Å²) in [4.78, 5) is 12.6. The van der Waals surface area contributed by atoms with Crippen LogP contribution in [0, 0.1) is 39.0 Å². The van der Waals surface area contributed by atoms with Crippen LogP contribution >= 0.6 is 11.6 Å². The number of benzene rings is 2. The van der Waals surface area contributed by atoms with Gasteiger partial charge in [-0.05, 0) is 81.3 Å². The van der Waals surface area contributed by atoms with Crippen molar-refractivity contribution in [3.8, 4) is 11.8 Å². The van der Waals surface area contributed by atoms with Gasteiger partial charge < -0.3 is 9.88 Å². The standard InChI is InChI=1S/C24H22ClN3O/c1-15-5-10-23(16(2)11-15)28-17(3)12-19(18(28)4)13-20(14-26)24(29)27-22-8-6-21(25)7-9-22/h5-13H,1-4H3,(H,27,29)/b20-13-. The molecule has 5 heteroatoms. The molecule has 2 aromatic carbocycles. The zero-order valence-corrected chi connectivity index (χ0v) is 17.6. The number of nitrogens with zero attached hydrogens (tertiary/aromatic N) is 2. The number of nitrogens with one attached hydrogen (secondary N) is 1. The molecule has 0 aliphatic heterocycles. The Labute approximate surface area is 176 Å². The second kappa shape index (κ2) is 8.38. The van der Waals surface area contributed by atoms with Gasteiger partial charge in [0, 0.05) is 27.8 Å². The molecule has 0 fully saturated rings. The number of amides is 1. The third kappa shape index (κ3) is 4.42. The Kier molecular flexibility index (Phi) is 5.91. The van der Waals surface area contributed by atoms with Crippen LogP contribution in [-0.4, -0.2) is 10.5 Å². The first kappa shape index (κ1) is 20.4. The molecule has 4 nitrogen and oxygen atoms in total. The first-order chi connectivity index (χ1) is 13.8. The van der Waals surface area contributed by atoms with Crippen molar-refractivity contribution in [1.82, 2.24) is 4.57 Å². The van der Waals surface area contributed by atoms with Crippen molar-refractivity contribution in [3.05, 3.63) is 87.2 Å². The average molecular weight is 404 g/mol. The molecule has 0 saturated carbocycles. The summed E-state index contributed by atoms with van der Waals surface area (Å²) in [5.74, 6) is -0.453. The Morgan fingerprint density at radius 1 is 1.07 bits per heavy atom. The van der Waals surface area contributed by atoms with Gasteiger partial charge in [0.2, 0.25) is 0 Å². The number of carbonyl (C=O) groups is 1. The fourth-order valence-corrected chi connectivity index (χ4v) is 3.52. The average Bonchev–Trinajstić information content (AvgIpc) is 2.95. The molecule has 0 atom stereocenters. The summed E-state index contributed by atoms with van der Waals surface area (Å²) in [7, 11) is 0. The first-order valence-electron chi connectivity index (χ1n) is 9.25. The maximum atomic E-state index is 12.6. The molecule has 0 saturated heterocycles. The topological polar surface area (TPSA) is 57.8 Å². The van der Waals surface area contributed by atoms with Gasteiger partial charge in [0.1, 0.15) is 11.6 Å². The lowest BCUT2D eigenvalue weighted by molar-refractivity contribution is -0.112. The van der Waals surface area contributed by atoms with Gasteiger partial charge in [0.25, 0.3) is 5.91 Å². The van der Waals surface area contributed by atoms with Crippen LogP contribution in [0.25, 0.3) is 11.8 Å². The van der Waals surface area contributed by atoms with E-state index >= 15 is 0 Å². The summed E-state index contributed by atoms with van der Waals surface area (Å²) in [6, 6.07) is 17.1. The summed E-state index contributed by atoms with van der Waals surface area (Å²) in [6.45, 7) is 8.16. The summed E-state index contributed by atoms with van der Waals surface area (Å²) in [6.07, 6.45) is 1.63. The van der Waals surface area contributed by atoms with Crippen LogP contribution in [0.1, 0.15) is 28.1 Å². The highest BCUT2D eigenvalue weighted by Crippen LogP contribution is 2.25. The zero-order chi connectivity index (χ0) is 21.1. The third-order valence-electron chi connectivity index (χ3n) is 4.83. The van der Waals surface area contributed by atoms with Crippen LogP contribution in [0.3, 0.4) is 0 Å². The number of carbonyl (C=O) groups excluding carboxylic acids is 1. The molecule has 1 N–H and O–H groups in total. The van der Waals surface area contributed by atoms with Gasteiger partial charge in [0.05, 0.1) is 0 Å². The Balaban J connectivity index is 1.95. The first-order valence-corrected chi connectivity index (χ1v) is 9.63. The normalized spacial score (nSPS) is 11.2. The highest BCUT2D eigenvalue weighted by molar-refractivity contribution is 6.30. The maximum absolute atomic E-state index is 12.6. The third-order valence-corrected chi connectivity index (χ3v) is 5.08. The van der Waals surface area contributed by atoms with Crippen molar-refractivity contribution >= 4 is 29.3 Å². The highest BCUT2D eigenvalue weighted by atomic mass is 35.5. The lowest BCUT2D eigenvalue weighted by Crippen LogP contribution is -2.13. The lowest BCUT2D eigenvalue weighted by Gasteiger charge is -2.13. The Bertz CT molecular complexity index is 1150. The fourth-order valence-electron chi connectivity index (χ4n) is 3.40. The van der Waals surface area contributed by atoms with E-state index in [4.69, 9.17) is 11.6 Å². The number of hydrogen-bond acceptors (Lipinski definition) is 2. The number of anilines is 1. The quantitative estimate of drug-likeness (QED) is 0.434. The highest BCUT2D eigenvalue weighted by Gasteiger charge is 2.15. The van der Waals surface area contributed by atoms with E-state index in [0.29, 0.717) is 10.7 Å².